The lowest BCUT2D eigenvalue weighted by molar-refractivity contribution is 0.252. The minimum absolute atomic E-state index is 0.582. The van der Waals surface area contributed by atoms with Crippen LogP contribution >= 0.6 is 11.8 Å². The summed E-state index contributed by atoms with van der Waals surface area (Å²) < 4.78 is 24.0. The molecule has 1 N–H and O–H groups in total. The maximum Gasteiger partial charge on any atom is 0.288 e. The van der Waals surface area contributed by atoms with Crippen LogP contribution in [0.2, 0.25) is 0 Å². The molecule has 1 nitrogen and oxygen atoms in total. The fourth-order valence-electron chi connectivity index (χ4n) is 1.20. The monoisotopic (exact) mass is 231 g/mol. The number of nitrogens with one attached hydrogen (secondary N) is 1. The number of thioether (sulfide) groups is 1. The first-order chi connectivity index (χ1) is 7.22. The van der Waals surface area contributed by atoms with E-state index in [2.05, 4.69) is 12.2 Å². The van der Waals surface area contributed by atoms with E-state index in [0.717, 1.165) is 25.1 Å². The van der Waals surface area contributed by atoms with Crippen molar-refractivity contribution in [2.75, 3.05) is 6.54 Å². The lowest BCUT2D eigenvalue weighted by Crippen LogP contribution is -2.13. The molecule has 1 aromatic carbocycles. The lowest BCUT2D eigenvalue weighted by Gasteiger charge is -2.04. The summed E-state index contributed by atoms with van der Waals surface area (Å²) in [5.74, 6) is -2.34. The fourth-order valence-corrected chi connectivity index (χ4v) is 1.70. The molecule has 0 fully saturated rings. The number of hydrogen-bond acceptors (Lipinski definition) is 2. The Morgan fingerprint density at radius 3 is 2.47 bits per heavy atom. The lowest BCUT2D eigenvalue weighted by atomic mass is 10.2. The van der Waals surface area contributed by atoms with E-state index in [1.165, 1.54) is 0 Å². The topological polar surface area (TPSA) is 12.0 Å². The molecule has 15 heavy (non-hydrogen) atoms. The predicted molar refractivity (Wildman–Crippen MR) is 60.3 cm³/mol. The van der Waals surface area contributed by atoms with Crippen LogP contribution in [-0.4, -0.2) is 12.3 Å². The third kappa shape index (κ3) is 5.14. The van der Waals surface area contributed by atoms with Gasteiger partial charge in [-0.05, 0) is 30.7 Å². The Morgan fingerprint density at radius 1 is 1.27 bits per heavy atom. The van der Waals surface area contributed by atoms with Gasteiger partial charge in [-0.1, -0.05) is 30.8 Å². The standard InChI is InChI=1S/C11H15F2NS/c1-2-7-14-8-9-3-5-10(6-4-9)15-11(12)13/h3-6,11,14H,2,7-8H2,1H3. The van der Waals surface area contributed by atoms with Crippen molar-refractivity contribution in [1.82, 2.24) is 5.32 Å². The Balaban J connectivity index is 2.42. The van der Waals surface area contributed by atoms with Gasteiger partial charge < -0.3 is 5.32 Å². The summed E-state index contributed by atoms with van der Waals surface area (Å²) in [7, 11) is 0. The molecule has 0 aliphatic rings. The maximum absolute atomic E-state index is 12.0. The number of benzene rings is 1. The first-order valence-corrected chi connectivity index (χ1v) is 5.85. The van der Waals surface area contributed by atoms with Crippen molar-refractivity contribution in [2.24, 2.45) is 0 Å². The molecule has 0 heterocycles. The molecule has 0 radical (unpaired) electrons. The summed E-state index contributed by atoms with van der Waals surface area (Å²) in [4.78, 5) is 0.615. The number of hydrogen-bond donors (Lipinski definition) is 1. The Labute approximate surface area is 93.3 Å². The third-order valence-corrected chi connectivity index (χ3v) is 2.63. The van der Waals surface area contributed by atoms with Gasteiger partial charge in [-0.3, -0.25) is 0 Å². The van der Waals surface area contributed by atoms with Crippen molar-refractivity contribution in [2.45, 2.75) is 30.5 Å². The van der Waals surface area contributed by atoms with Crippen LogP contribution in [0.15, 0.2) is 29.2 Å². The Kier molecular flexibility index (Phi) is 5.65. The van der Waals surface area contributed by atoms with Crippen molar-refractivity contribution in [3.63, 3.8) is 0 Å². The average molecular weight is 231 g/mol. The van der Waals surface area contributed by atoms with E-state index in [1.807, 2.05) is 12.1 Å². The van der Waals surface area contributed by atoms with Gasteiger partial charge in [0.25, 0.3) is 5.76 Å². The zero-order valence-electron chi connectivity index (χ0n) is 8.67. The van der Waals surface area contributed by atoms with Crippen LogP contribution in [0, 0.1) is 0 Å². The molecule has 0 aliphatic carbocycles. The van der Waals surface area contributed by atoms with Crippen molar-refractivity contribution in [1.29, 1.82) is 0 Å². The summed E-state index contributed by atoms with van der Waals surface area (Å²) in [6, 6.07) is 7.24. The average Bonchev–Trinajstić information content (AvgIpc) is 2.20. The quantitative estimate of drug-likeness (QED) is 0.594. The molecule has 0 aromatic heterocycles. The highest BCUT2D eigenvalue weighted by Crippen LogP contribution is 2.24. The van der Waals surface area contributed by atoms with E-state index in [-0.39, 0.29) is 0 Å². The molecule has 0 amide bonds. The van der Waals surface area contributed by atoms with Crippen molar-refractivity contribution < 1.29 is 8.78 Å². The van der Waals surface area contributed by atoms with E-state index in [4.69, 9.17) is 0 Å². The molecule has 0 aliphatic heterocycles. The molecule has 0 atom stereocenters. The maximum atomic E-state index is 12.0. The minimum Gasteiger partial charge on any atom is -0.313 e. The summed E-state index contributed by atoms with van der Waals surface area (Å²) in [6.07, 6.45) is 1.10. The molecular formula is C11H15F2NS. The Hall–Kier alpha value is -0.610. The highest BCUT2D eigenvalue weighted by Gasteiger charge is 2.04. The number of halogens is 2. The molecule has 0 saturated heterocycles. The second kappa shape index (κ2) is 6.80. The van der Waals surface area contributed by atoms with Gasteiger partial charge in [0.05, 0.1) is 0 Å². The summed E-state index contributed by atoms with van der Waals surface area (Å²) in [5.41, 5.74) is 1.13. The van der Waals surface area contributed by atoms with Gasteiger partial charge in [-0.25, -0.2) is 0 Å². The molecule has 1 rings (SSSR count). The van der Waals surface area contributed by atoms with Crippen LogP contribution in [0.3, 0.4) is 0 Å². The van der Waals surface area contributed by atoms with Crippen molar-refractivity contribution in [3.8, 4) is 0 Å². The zero-order chi connectivity index (χ0) is 11.1. The first kappa shape index (κ1) is 12.5. The highest BCUT2D eigenvalue weighted by atomic mass is 32.2. The van der Waals surface area contributed by atoms with Gasteiger partial charge in [0.2, 0.25) is 0 Å². The molecular weight excluding hydrogens is 216 g/mol. The number of rotatable bonds is 6. The van der Waals surface area contributed by atoms with Gasteiger partial charge in [0.1, 0.15) is 0 Å². The largest absolute Gasteiger partial charge is 0.313 e. The van der Waals surface area contributed by atoms with Gasteiger partial charge in [-0.2, -0.15) is 8.78 Å². The minimum atomic E-state index is -2.34. The summed E-state index contributed by atoms with van der Waals surface area (Å²) in [6.45, 7) is 3.89. The number of alkyl halides is 2. The first-order valence-electron chi connectivity index (χ1n) is 4.97. The molecule has 0 unspecified atom stereocenters. The SMILES string of the molecule is CCCNCc1ccc(SC(F)F)cc1. The summed E-state index contributed by atoms with van der Waals surface area (Å²) >= 11 is 0.582. The van der Waals surface area contributed by atoms with E-state index in [0.29, 0.717) is 16.7 Å². The summed E-state index contributed by atoms with van der Waals surface area (Å²) in [5, 5.41) is 3.26. The van der Waals surface area contributed by atoms with Crippen LogP contribution in [0.1, 0.15) is 18.9 Å². The van der Waals surface area contributed by atoms with Crippen LogP contribution in [-0.2, 0) is 6.54 Å². The van der Waals surface area contributed by atoms with E-state index in [1.54, 1.807) is 12.1 Å². The van der Waals surface area contributed by atoms with Gasteiger partial charge in [-0.15, -0.1) is 0 Å². The fraction of sp³-hybridized carbons (Fsp3) is 0.455. The second-order valence-electron chi connectivity index (χ2n) is 3.20. The second-order valence-corrected chi connectivity index (χ2v) is 4.26. The normalized spacial score (nSPS) is 10.9. The van der Waals surface area contributed by atoms with Gasteiger partial charge in [0, 0.05) is 11.4 Å². The van der Waals surface area contributed by atoms with E-state index >= 15 is 0 Å². The zero-order valence-corrected chi connectivity index (χ0v) is 9.49. The van der Waals surface area contributed by atoms with Gasteiger partial charge >= 0.3 is 0 Å². The van der Waals surface area contributed by atoms with Crippen LogP contribution in [0.25, 0.3) is 0 Å². The molecule has 84 valence electrons. The molecule has 1 aromatic rings. The molecule has 0 bridgehead atoms. The van der Waals surface area contributed by atoms with Crippen LogP contribution in [0.4, 0.5) is 8.78 Å². The van der Waals surface area contributed by atoms with E-state index in [9.17, 15) is 8.78 Å². The Bertz CT molecular complexity index is 274. The molecule has 0 spiro atoms. The third-order valence-electron chi connectivity index (χ3n) is 1.90. The predicted octanol–water partition coefficient (Wildman–Crippen LogP) is 3.50. The van der Waals surface area contributed by atoms with Gasteiger partial charge in [0.15, 0.2) is 0 Å². The molecule has 4 heteroatoms. The Morgan fingerprint density at radius 2 is 1.93 bits per heavy atom. The van der Waals surface area contributed by atoms with Crippen molar-refractivity contribution >= 4 is 11.8 Å². The highest BCUT2D eigenvalue weighted by molar-refractivity contribution is 7.99. The van der Waals surface area contributed by atoms with Crippen molar-refractivity contribution in [3.05, 3.63) is 29.8 Å². The smallest absolute Gasteiger partial charge is 0.288 e. The van der Waals surface area contributed by atoms with E-state index < -0.39 is 5.76 Å². The van der Waals surface area contributed by atoms with Crippen LogP contribution < -0.4 is 5.32 Å². The van der Waals surface area contributed by atoms with Crippen LogP contribution in [0.5, 0.6) is 0 Å². The molecule has 0 saturated carbocycles.